The van der Waals surface area contributed by atoms with Crippen molar-refractivity contribution in [3.8, 4) is 0 Å². The van der Waals surface area contributed by atoms with Crippen molar-refractivity contribution in [2.45, 2.75) is 52.4 Å². The van der Waals surface area contributed by atoms with Crippen LogP contribution in [-0.2, 0) is 11.3 Å². The van der Waals surface area contributed by atoms with Crippen LogP contribution in [0.3, 0.4) is 0 Å². The van der Waals surface area contributed by atoms with Gasteiger partial charge in [0.2, 0.25) is 0 Å². The van der Waals surface area contributed by atoms with Crippen molar-refractivity contribution < 1.29 is 9.53 Å². The number of carbonyl (C=O) groups excluding carboxylic acids is 1. The van der Waals surface area contributed by atoms with E-state index in [-0.39, 0.29) is 12.0 Å². The molecule has 1 aromatic rings. The Kier molecular flexibility index (Phi) is 3.54. The number of hydrogen-bond acceptors (Lipinski definition) is 3. The topological polar surface area (TPSA) is 47.4 Å². The highest BCUT2D eigenvalue weighted by Gasteiger charge is 2.39. The molecular formula is C15H23N3O2. The van der Waals surface area contributed by atoms with Crippen molar-refractivity contribution in [1.82, 2.24) is 14.7 Å². The fourth-order valence-electron chi connectivity index (χ4n) is 3.47. The molecule has 0 aromatic carbocycles. The lowest BCUT2D eigenvalue weighted by Gasteiger charge is -2.34. The molecular weight excluding hydrogens is 254 g/mol. The molecule has 0 N–H and O–H groups in total. The second-order valence-electron chi connectivity index (χ2n) is 6.01. The molecule has 1 amide bonds. The first-order chi connectivity index (χ1) is 9.58. The molecule has 110 valence electrons. The first kappa shape index (κ1) is 13.6. The highest BCUT2D eigenvalue weighted by Crippen LogP contribution is 2.33. The number of fused-ring (bicyclic) bond motifs is 1. The molecule has 3 rings (SSSR count). The van der Waals surface area contributed by atoms with Crippen molar-refractivity contribution >= 4 is 5.91 Å². The van der Waals surface area contributed by atoms with Crippen LogP contribution in [0.4, 0.5) is 0 Å². The predicted octanol–water partition coefficient (Wildman–Crippen LogP) is 1.85. The van der Waals surface area contributed by atoms with E-state index in [0.717, 1.165) is 38.2 Å². The Labute approximate surface area is 119 Å². The van der Waals surface area contributed by atoms with Gasteiger partial charge >= 0.3 is 0 Å². The number of carbonyl (C=O) groups is 1. The van der Waals surface area contributed by atoms with Crippen molar-refractivity contribution in [1.29, 1.82) is 0 Å². The highest BCUT2D eigenvalue weighted by molar-refractivity contribution is 5.92. The van der Waals surface area contributed by atoms with E-state index < -0.39 is 0 Å². The van der Waals surface area contributed by atoms with Crippen LogP contribution in [0.25, 0.3) is 0 Å². The number of rotatable bonds is 2. The first-order valence-electron chi connectivity index (χ1n) is 7.57. The molecule has 5 heteroatoms. The third kappa shape index (κ3) is 2.35. The summed E-state index contributed by atoms with van der Waals surface area (Å²) < 4.78 is 7.72. The smallest absolute Gasteiger partial charge is 0.272 e. The second-order valence-corrected chi connectivity index (χ2v) is 6.01. The third-order valence-electron chi connectivity index (χ3n) is 4.45. The highest BCUT2D eigenvalue weighted by atomic mass is 16.5. The Balaban J connectivity index is 1.74. The number of ether oxygens (including phenoxy) is 1. The van der Waals surface area contributed by atoms with Gasteiger partial charge in [0.15, 0.2) is 0 Å². The molecule has 2 aliphatic heterocycles. The Morgan fingerprint density at radius 2 is 2.35 bits per heavy atom. The minimum absolute atomic E-state index is 0.0917. The summed E-state index contributed by atoms with van der Waals surface area (Å²) in [7, 11) is 0. The molecule has 3 atom stereocenters. The van der Waals surface area contributed by atoms with Gasteiger partial charge in [-0.1, -0.05) is 0 Å². The molecule has 20 heavy (non-hydrogen) atoms. The Morgan fingerprint density at radius 1 is 1.55 bits per heavy atom. The number of hydrogen-bond donors (Lipinski definition) is 0. The summed E-state index contributed by atoms with van der Waals surface area (Å²) >= 11 is 0. The van der Waals surface area contributed by atoms with Crippen LogP contribution < -0.4 is 0 Å². The van der Waals surface area contributed by atoms with Crippen LogP contribution in [0.1, 0.15) is 42.9 Å². The van der Waals surface area contributed by atoms with Gasteiger partial charge in [-0.2, -0.15) is 5.10 Å². The summed E-state index contributed by atoms with van der Waals surface area (Å²) in [4.78, 5) is 14.6. The number of aryl methyl sites for hydroxylation is 2. The molecule has 0 radical (unpaired) electrons. The molecule has 0 aliphatic carbocycles. The normalized spacial score (nSPS) is 29.6. The molecule has 0 saturated carbocycles. The standard InChI is InChI=1S/C15H23N3O2/c1-4-18-13(7-10(2)16-18)15(19)17-6-5-12-8-11(3)20-14(12)9-17/h7,11-12,14H,4-6,8-9H2,1-3H3/t11-,12+,14-/m1/s1. The van der Waals surface area contributed by atoms with Crippen molar-refractivity contribution in [3.05, 3.63) is 17.5 Å². The van der Waals surface area contributed by atoms with Gasteiger partial charge in [-0.15, -0.1) is 0 Å². The second kappa shape index (κ2) is 5.20. The predicted molar refractivity (Wildman–Crippen MR) is 75.6 cm³/mol. The van der Waals surface area contributed by atoms with E-state index in [4.69, 9.17) is 4.74 Å². The van der Waals surface area contributed by atoms with Gasteiger partial charge in [0.1, 0.15) is 5.69 Å². The number of aromatic nitrogens is 2. The van der Waals surface area contributed by atoms with Crippen LogP contribution in [0.5, 0.6) is 0 Å². The average Bonchev–Trinajstić information content (AvgIpc) is 2.98. The fraction of sp³-hybridized carbons (Fsp3) is 0.733. The molecule has 2 aliphatic rings. The maximum absolute atomic E-state index is 12.7. The first-order valence-corrected chi connectivity index (χ1v) is 7.57. The zero-order valence-electron chi connectivity index (χ0n) is 12.5. The SMILES string of the molecule is CCn1nc(C)cc1C(=O)N1CC[C@H]2C[C@@H](C)O[C@@H]2C1. The van der Waals surface area contributed by atoms with E-state index in [1.54, 1.807) is 4.68 Å². The van der Waals surface area contributed by atoms with Gasteiger partial charge in [-0.25, -0.2) is 0 Å². The largest absolute Gasteiger partial charge is 0.373 e. The van der Waals surface area contributed by atoms with Gasteiger partial charge in [0.25, 0.3) is 5.91 Å². The Bertz CT molecular complexity index is 511. The summed E-state index contributed by atoms with van der Waals surface area (Å²) in [5.74, 6) is 0.723. The van der Waals surface area contributed by atoms with Crippen LogP contribution in [0.15, 0.2) is 6.07 Å². The molecule has 0 bridgehead atoms. The quantitative estimate of drug-likeness (QED) is 0.829. The Hall–Kier alpha value is -1.36. The third-order valence-corrected chi connectivity index (χ3v) is 4.45. The maximum atomic E-state index is 12.7. The van der Waals surface area contributed by atoms with E-state index in [1.165, 1.54) is 0 Å². The van der Waals surface area contributed by atoms with Gasteiger partial charge in [0.05, 0.1) is 17.9 Å². The number of likely N-dealkylation sites (tertiary alicyclic amines) is 1. The zero-order valence-corrected chi connectivity index (χ0v) is 12.5. The minimum atomic E-state index is 0.0917. The minimum Gasteiger partial charge on any atom is -0.373 e. The molecule has 0 spiro atoms. The lowest BCUT2D eigenvalue weighted by molar-refractivity contribution is 0.00119. The summed E-state index contributed by atoms with van der Waals surface area (Å²) in [6, 6.07) is 1.88. The van der Waals surface area contributed by atoms with Crippen LogP contribution in [-0.4, -0.2) is 45.9 Å². The van der Waals surface area contributed by atoms with E-state index in [1.807, 2.05) is 24.8 Å². The van der Waals surface area contributed by atoms with Crippen molar-refractivity contribution in [2.24, 2.45) is 5.92 Å². The number of amides is 1. The molecule has 2 fully saturated rings. The van der Waals surface area contributed by atoms with Crippen molar-refractivity contribution in [2.75, 3.05) is 13.1 Å². The van der Waals surface area contributed by atoms with E-state index >= 15 is 0 Å². The zero-order chi connectivity index (χ0) is 14.3. The number of nitrogens with zero attached hydrogens (tertiary/aromatic N) is 3. The van der Waals surface area contributed by atoms with Crippen LogP contribution in [0, 0.1) is 12.8 Å². The summed E-state index contributed by atoms with van der Waals surface area (Å²) in [5.41, 5.74) is 1.60. The van der Waals surface area contributed by atoms with Crippen LogP contribution in [0.2, 0.25) is 0 Å². The molecule has 1 aromatic heterocycles. The Morgan fingerprint density at radius 3 is 3.10 bits per heavy atom. The molecule has 2 saturated heterocycles. The molecule has 0 unspecified atom stereocenters. The maximum Gasteiger partial charge on any atom is 0.272 e. The summed E-state index contributed by atoms with van der Waals surface area (Å²) in [6.07, 6.45) is 2.75. The van der Waals surface area contributed by atoms with Gasteiger partial charge in [-0.05, 0) is 45.6 Å². The van der Waals surface area contributed by atoms with Crippen molar-refractivity contribution in [3.63, 3.8) is 0 Å². The lowest BCUT2D eigenvalue weighted by atomic mass is 9.92. The summed E-state index contributed by atoms with van der Waals surface area (Å²) in [6.45, 7) is 8.35. The van der Waals surface area contributed by atoms with E-state index in [0.29, 0.717) is 17.7 Å². The molecule has 5 nitrogen and oxygen atoms in total. The van der Waals surface area contributed by atoms with Gasteiger partial charge < -0.3 is 9.64 Å². The van der Waals surface area contributed by atoms with E-state index in [2.05, 4.69) is 12.0 Å². The fourth-order valence-corrected chi connectivity index (χ4v) is 3.47. The average molecular weight is 277 g/mol. The monoisotopic (exact) mass is 277 g/mol. The number of piperidine rings is 1. The summed E-state index contributed by atoms with van der Waals surface area (Å²) in [5, 5.41) is 4.36. The lowest BCUT2D eigenvalue weighted by Crippen LogP contribution is -2.45. The van der Waals surface area contributed by atoms with E-state index in [9.17, 15) is 4.79 Å². The van der Waals surface area contributed by atoms with Crippen LogP contribution >= 0.6 is 0 Å². The molecule has 3 heterocycles. The van der Waals surface area contributed by atoms with Gasteiger partial charge in [0, 0.05) is 19.6 Å². The van der Waals surface area contributed by atoms with Gasteiger partial charge in [-0.3, -0.25) is 9.48 Å².